The van der Waals surface area contributed by atoms with Crippen molar-refractivity contribution in [2.75, 3.05) is 52.6 Å². The molecule has 1 aromatic heterocycles. The molecule has 25 heavy (non-hydrogen) atoms. The zero-order chi connectivity index (χ0) is 17.6. The molecule has 8 heteroatoms. The van der Waals surface area contributed by atoms with Gasteiger partial charge in [0.25, 0.3) is 0 Å². The molecule has 2 aliphatic rings. The van der Waals surface area contributed by atoms with E-state index in [1.54, 1.807) is 16.2 Å². The van der Waals surface area contributed by atoms with Crippen molar-refractivity contribution < 1.29 is 19.1 Å². The minimum Gasteiger partial charge on any atom is -0.379 e. The molecule has 0 saturated carbocycles. The lowest BCUT2D eigenvalue weighted by Gasteiger charge is -2.37. The smallest absolute Gasteiger partial charge is 0.312 e. The number of nitrogens with zero attached hydrogens (tertiary/aromatic N) is 2. The highest BCUT2D eigenvalue weighted by molar-refractivity contribution is 7.10. The van der Waals surface area contributed by atoms with Gasteiger partial charge in [0.15, 0.2) is 0 Å². The van der Waals surface area contributed by atoms with Crippen molar-refractivity contribution >= 4 is 23.2 Å². The van der Waals surface area contributed by atoms with Gasteiger partial charge in [-0.2, -0.15) is 0 Å². The number of morpholine rings is 2. The van der Waals surface area contributed by atoms with E-state index in [4.69, 9.17) is 9.47 Å². The SMILES string of the molecule is C[C@@H](NC(=O)C(=O)N1CCOCC1)[C@@H](c1cccs1)N1CCOCC1. The summed E-state index contributed by atoms with van der Waals surface area (Å²) >= 11 is 1.67. The van der Waals surface area contributed by atoms with Crippen LogP contribution in [0.4, 0.5) is 0 Å². The zero-order valence-electron chi connectivity index (χ0n) is 14.5. The number of ether oxygens (including phenoxy) is 2. The highest BCUT2D eigenvalue weighted by atomic mass is 32.1. The lowest BCUT2D eigenvalue weighted by atomic mass is 10.1. The fraction of sp³-hybridized carbons (Fsp3) is 0.647. The minimum atomic E-state index is -0.538. The number of hydrogen-bond acceptors (Lipinski definition) is 6. The fourth-order valence-corrected chi connectivity index (χ4v) is 4.28. The molecule has 2 fully saturated rings. The lowest BCUT2D eigenvalue weighted by Crippen LogP contribution is -2.53. The van der Waals surface area contributed by atoms with Crippen molar-refractivity contribution in [2.24, 2.45) is 0 Å². The van der Waals surface area contributed by atoms with Crippen LogP contribution in [-0.4, -0.2) is 80.3 Å². The largest absolute Gasteiger partial charge is 0.379 e. The van der Waals surface area contributed by atoms with Crippen LogP contribution < -0.4 is 5.32 Å². The maximum atomic E-state index is 12.4. The van der Waals surface area contributed by atoms with E-state index >= 15 is 0 Å². The molecule has 0 aliphatic carbocycles. The molecule has 0 radical (unpaired) electrons. The average molecular weight is 367 g/mol. The minimum absolute atomic E-state index is 0.0466. The van der Waals surface area contributed by atoms with Crippen LogP contribution in [0.15, 0.2) is 17.5 Å². The van der Waals surface area contributed by atoms with E-state index < -0.39 is 11.8 Å². The molecular formula is C17H25N3O4S. The maximum Gasteiger partial charge on any atom is 0.312 e. The van der Waals surface area contributed by atoms with Crippen molar-refractivity contribution in [3.05, 3.63) is 22.4 Å². The summed E-state index contributed by atoms with van der Waals surface area (Å²) in [6, 6.07) is 3.97. The summed E-state index contributed by atoms with van der Waals surface area (Å²) in [5, 5.41) is 4.95. The average Bonchev–Trinajstić information content (AvgIpc) is 3.17. The third-order valence-corrected chi connectivity index (χ3v) is 5.54. The van der Waals surface area contributed by atoms with Crippen LogP contribution in [0.25, 0.3) is 0 Å². The summed E-state index contributed by atoms with van der Waals surface area (Å²) in [4.78, 5) is 29.8. The Morgan fingerprint density at radius 3 is 2.36 bits per heavy atom. The summed E-state index contributed by atoms with van der Waals surface area (Å²) in [7, 11) is 0. The van der Waals surface area contributed by atoms with Gasteiger partial charge in [-0.15, -0.1) is 11.3 Å². The fourth-order valence-electron chi connectivity index (χ4n) is 3.32. The number of hydrogen-bond donors (Lipinski definition) is 1. The van der Waals surface area contributed by atoms with Crippen LogP contribution in [0.1, 0.15) is 17.8 Å². The second-order valence-corrected chi connectivity index (χ2v) is 7.25. The standard InChI is InChI=1S/C17H25N3O4S/c1-13(18-16(21)17(22)20-6-10-24-11-7-20)15(14-3-2-12-25-14)19-4-8-23-9-5-19/h2-3,12-13,15H,4-11H2,1H3,(H,18,21)/t13-,15+/m1/s1. The van der Waals surface area contributed by atoms with Gasteiger partial charge in [-0.3, -0.25) is 14.5 Å². The molecule has 1 N–H and O–H groups in total. The number of thiophene rings is 1. The van der Waals surface area contributed by atoms with Crippen LogP contribution in [-0.2, 0) is 19.1 Å². The lowest BCUT2D eigenvalue weighted by molar-refractivity contribution is -0.149. The van der Waals surface area contributed by atoms with Crippen molar-refractivity contribution in [1.82, 2.24) is 15.1 Å². The van der Waals surface area contributed by atoms with Gasteiger partial charge in [-0.25, -0.2) is 0 Å². The Morgan fingerprint density at radius 2 is 1.76 bits per heavy atom. The van der Waals surface area contributed by atoms with Crippen LogP contribution in [0.3, 0.4) is 0 Å². The highest BCUT2D eigenvalue weighted by Crippen LogP contribution is 2.29. The van der Waals surface area contributed by atoms with E-state index in [2.05, 4.69) is 16.3 Å². The third kappa shape index (κ3) is 4.58. The molecule has 2 saturated heterocycles. The molecule has 0 spiro atoms. The molecule has 138 valence electrons. The van der Waals surface area contributed by atoms with Gasteiger partial charge >= 0.3 is 11.8 Å². The molecule has 0 unspecified atom stereocenters. The first-order chi connectivity index (χ1) is 12.2. The highest BCUT2D eigenvalue weighted by Gasteiger charge is 2.32. The molecule has 2 aliphatic heterocycles. The van der Waals surface area contributed by atoms with Crippen molar-refractivity contribution in [1.29, 1.82) is 0 Å². The van der Waals surface area contributed by atoms with E-state index in [0.29, 0.717) is 39.5 Å². The van der Waals surface area contributed by atoms with E-state index in [1.165, 1.54) is 4.88 Å². The molecule has 2 amide bonds. The number of nitrogens with one attached hydrogen (secondary N) is 1. The van der Waals surface area contributed by atoms with E-state index in [9.17, 15) is 9.59 Å². The molecule has 0 bridgehead atoms. The molecule has 2 atom stereocenters. The number of carbonyl (C=O) groups excluding carboxylic acids is 2. The summed E-state index contributed by atoms with van der Waals surface area (Å²) in [6.07, 6.45) is 0. The first-order valence-electron chi connectivity index (χ1n) is 8.69. The molecular weight excluding hydrogens is 342 g/mol. The third-order valence-electron chi connectivity index (χ3n) is 4.60. The van der Waals surface area contributed by atoms with Gasteiger partial charge in [0.2, 0.25) is 0 Å². The zero-order valence-corrected chi connectivity index (χ0v) is 15.3. The molecule has 0 aromatic carbocycles. The van der Waals surface area contributed by atoms with Crippen molar-refractivity contribution in [3.8, 4) is 0 Å². The predicted octanol–water partition coefficient (Wildman–Crippen LogP) is 0.485. The molecule has 3 heterocycles. The Bertz CT molecular complexity index is 568. The Morgan fingerprint density at radius 1 is 1.12 bits per heavy atom. The van der Waals surface area contributed by atoms with Gasteiger partial charge in [0.1, 0.15) is 0 Å². The molecule has 3 rings (SSSR count). The number of carbonyl (C=O) groups is 2. The first kappa shape index (κ1) is 18.3. The van der Waals surface area contributed by atoms with E-state index in [1.807, 2.05) is 18.4 Å². The summed E-state index contributed by atoms with van der Waals surface area (Å²) in [5.74, 6) is -1.01. The van der Waals surface area contributed by atoms with E-state index in [0.717, 1.165) is 13.1 Å². The van der Waals surface area contributed by atoms with Gasteiger partial charge in [-0.05, 0) is 18.4 Å². The van der Waals surface area contributed by atoms with Crippen LogP contribution in [0.2, 0.25) is 0 Å². The Balaban J connectivity index is 1.66. The second-order valence-electron chi connectivity index (χ2n) is 6.28. The van der Waals surface area contributed by atoms with E-state index in [-0.39, 0.29) is 12.1 Å². The van der Waals surface area contributed by atoms with Gasteiger partial charge < -0.3 is 19.7 Å². The van der Waals surface area contributed by atoms with Crippen molar-refractivity contribution in [2.45, 2.75) is 19.0 Å². The first-order valence-corrected chi connectivity index (χ1v) is 9.57. The summed E-state index contributed by atoms with van der Waals surface area (Å²) in [5.41, 5.74) is 0. The molecule has 7 nitrogen and oxygen atoms in total. The van der Waals surface area contributed by atoms with Gasteiger partial charge in [0, 0.05) is 37.1 Å². The monoisotopic (exact) mass is 367 g/mol. The summed E-state index contributed by atoms with van der Waals surface area (Å²) < 4.78 is 10.7. The Hall–Kier alpha value is -1.48. The summed E-state index contributed by atoms with van der Waals surface area (Å²) in [6.45, 7) is 6.90. The maximum absolute atomic E-state index is 12.4. The number of rotatable bonds is 4. The van der Waals surface area contributed by atoms with Crippen LogP contribution >= 0.6 is 11.3 Å². The Labute approximate surface area is 151 Å². The second kappa shape index (κ2) is 8.75. The molecule has 1 aromatic rings. The van der Waals surface area contributed by atoms with Gasteiger partial charge in [-0.1, -0.05) is 6.07 Å². The quantitative estimate of drug-likeness (QED) is 0.784. The van der Waals surface area contributed by atoms with Crippen LogP contribution in [0, 0.1) is 0 Å². The van der Waals surface area contributed by atoms with Gasteiger partial charge in [0.05, 0.1) is 32.5 Å². The number of amides is 2. The Kier molecular flexibility index (Phi) is 6.41. The van der Waals surface area contributed by atoms with Crippen LogP contribution in [0.5, 0.6) is 0 Å². The topological polar surface area (TPSA) is 71.1 Å². The normalized spacial score (nSPS) is 21.6. The van der Waals surface area contributed by atoms with Crippen molar-refractivity contribution in [3.63, 3.8) is 0 Å². The predicted molar refractivity (Wildman–Crippen MR) is 94.5 cm³/mol.